The molecule has 0 aliphatic carbocycles. The predicted molar refractivity (Wildman–Crippen MR) is 87.8 cm³/mol. The third kappa shape index (κ3) is 4.54. The maximum Gasteiger partial charge on any atom is 0.269 e. The molecule has 2 rings (SSSR count). The fourth-order valence-corrected chi connectivity index (χ4v) is 2.51. The fraction of sp³-hybridized carbons (Fsp3) is 0.0667. The summed E-state index contributed by atoms with van der Waals surface area (Å²) in [6.07, 6.45) is 3.06. The monoisotopic (exact) mass is 364 g/mol. The lowest BCUT2D eigenvalue weighted by Gasteiger charge is -2.06. The SMILES string of the molecule is Cc1ccc(C(=O)NNC(=O)C=Cc2cccs2)cc1Br. The van der Waals surface area contributed by atoms with E-state index < -0.39 is 0 Å². The van der Waals surface area contributed by atoms with E-state index in [0.717, 1.165) is 14.9 Å². The average Bonchev–Trinajstić information content (AvgIpc) is 2.98. The van der Waals surface area contributed by atoms with Gasteiger partial charge in [0, 0.05) is 21.0 Å². The Morgan fingerprint density at radius 3 is 2.71 bits per heavy atom. The Balaban J connectivity index is 1.88. The number of amides is 2. The molecular weight excluding hydrogens is 352 g/mol. The molecule has 0 saturated heterocycles. The van der Waals surface area contributed by atoms with Crippen LogP contribution in [0, 0.1) is 6.92 Å². The molecule has 6 heteroatoms. The zero-order chi connectivity index (χ0) is 15.2. The second-order valence-corrected chi connectivity index (χ2v) is 6.09. The van der Waals surface area contributed by atoms with Crippen LogP contribution in [0.2, 0.25) is 0 Å². The standard InChI is InChI=1S/C15H13BrN2O2S/c1-10-4-5-11(9-13(10)16)15(20)18-17-14(19)7-6-12-3-2-8-21-12/h2-9H,1H3,(H,17,19)(H,18,20). The Kier molecular flexibility index (Phi) is 5.30. The lowest BCUT2D eigenvalue weighted by molar-refractivity contribution is -0.117. The summed E-state index contributed by atoms with van der Waals surface area (Å²) in [7, 11) is 0. The Bertz CT molecular complexity index is 681. The van der Waals surface area contributed by atoms with E-state index in [4.69, 9.17) is 0 Å². The predicted octanol–water partition coefficient (Wildman–Crippen LogP) is 3.29. The Labute approximate surface area is 135 Å². The van der Waals surface area contributed by atoms with Crippen LogP contribution >= 0.6 is 27.3 Å². The van der Waals surface area contributed by atoms with Crippen LogP contribution in [0.5, 0.6) is 0 Å². The van der Waals surface area contributed by atoms with Crippen molar-refractivity contribution in [2.45, 2.75) is 6.92 Å². The van der Waals surface area contributed by atoms with E-state index in [1.807, 2.05) is 30.5 Å². The lowest BCUT2D eigenvalue weighted by atomic mass is 10.1. The summed E-state index contributed by atoms with van der Waals surface area (Å²) < 4.78 is 0.846. The van der Waals surface area contributed by atoms with Gasteiger partial charge >= 0.3 is 0 Å². The molecule has 0 aliphatic rings. The molecule has 0 aliphatic heterocycles. The normalized spacial score (nSPS) is 10.6. The van der Waals surface area contributed by atoms with Gasteiger partial charge in [-0.05, 0) is 42.1 Å². The van der Waals surface area contributed by atoms with Gasteiger partial charge in [-0.2, -0.15) is 0 Å². The molecule has 1 aromatic carbocycles. The minimum atomic E-state index is -0.386. The van der Waals surface area contributed by atoms with E-state index in [2.05, 4.69) is 26.8 Å². The molecule has 2 amide bonds. The highest BCUT2D eigenvalue weighted by Crippen LogP contribution is 2.17. The quantitative estimate of drug-likeness (QED) is 0.648. The van der Waals surface area contributed by atoms with Gasteiger partial charge in [0.2, 0.25) is 0 Å². The Morgan fingerprint density at radius 2 is 2.05 bits per heavy atom. The van der Waals surface area contributed by atoms with Crippen LogP contribution < -0.4 is 10.9 Å². The third-order valence-electron chi connectivity index (χ3n) is 2.68. The van der Waals surface area contributed by atoms with Gasteiger partial charge in [-0.15, -0.1) is 11.3 Å². The number of hydrogen-bond acceptors (Lipinski definition) is 3. The number of thiophene rings is 1. The molecule has 21 heavy (non-hydrogen) atoms. The van der Waals surface area contributed by atoms with E-state index in [0.29, 0.717) is 5.56 Å². The summed E-state index contributed by atoms with van der Waals surface area (Å²) in [5.41, 5.74) is 6.21. The maximum absolute atomic E-state index is 11.9. The van der Waals surface area contributed by atoms with Crippen LogP contribution in [0.1, 0.15) is 20.8 Å². The van der Waals surface area contributed by atoms with Crippen molar-refractivity contribution < 1.29 is 9.59 Å². The Morgan fingerprint density at radius 1 is 1.24 bits per heavy atom. The largest absolute Gasteiger partial charge is 0.269 e. The first-order chi connectivity index (χ1) is 10.1. The van der Waals surface area contributed by atoms with E-state index >= 15 is 0 Å². The third-order valence-corrected chi connectivity index (χ3v) is 4.37. The number of carbonyl (C=O) groups is 2. The van der Waals surface area contributed by atoms with Crippen molar-refractivity contribution >= 4 is 45.2 Å². The number of nitrogens with one attached hydrogen (secondary N) is 2. The van der Waals surface area contributed by atoms with E-state index in [9.17, 15) is 9.59 Å². The Hall–Kier alpha value is -1.92. The van der Waals surface area contributed by atoms with Crippen LogP contribution in [0.4, 0.5) is 0 Å². The van der Waals surface area contributed by atoms with E-state index in [1.165, 1.54) is 17.4 Å². The number of aryl methyl sites for hydroxylation is 1. The van der Waals surface area contributed by atoms with Gasteiger partial charge in [-0.25, -0.2) is 0 Å². The van der Waals surface area contributed by atoms with Gasteiger partial charge in [0.05, 0.1) is 0 Å². The molecular formula is C15H13BrN2O2S. The number of benzene rings is 1. The van der Waals surface area contributed by atoms with E-state index in [1.54, 1.807) is 18.2 Å². The molecule has 1 aromatic heterocycles. The first kappa shape index (κ1) is 15.5. The van der Waals surface area contributed by atoms with Crippen LogP contribution in [0.15, 0.2) is 46.3 Å². The molecule has 0 unspecified atom stereocenters. The summed E-state index contributed by atoms with van der Waals surface area (Å²) in [4.78, 5) is 24.4. The summed E-state index contributed by atoms with van der Waals surface area (Å²) >= 11 is 4.89. The van der Waals surface area contributed by atoms with Crippen molar-refractivity contribution in [3.63, 3.8) is 0 Å². The van der Waals surface area contributed by atoms with E-state index in [-0.39, 0.29) is 11.8 Å². The lowest BCUT2D eigenvalue weighted by Crippen LogP contribution is -2.40. The van der Waals surface area contributed by atoms with Crippen molar-refractivity contribution in [3.8, 4) is 0 Å². The fourth-order valence-electron chi connectivity index (χ4n) is 1.51. The zero-order valence-electron chi connectivity index (χ0n) is 11.2. The second kappa shape index (κ2) is 7.19. The first-order valence-electron chi connectivity index (χ1n) is 6.14. The van der Waals surface area contributed by atoms with Gasteiger partial charge in [0.25, 0.3) is 11.8 Å². The summed E-state index contributed by atoms with van der Waals surface area (Å²) in [6, 6.07) is 9.04. The molecule has 0 atom stereocenters. The number of halogens is 1. The van der Waals surface area contributed by atoms with Crippen molar-refractivity contribution in [2.24, 2.45) is 0 Å². The van der Waals surface area contributed by atoms with Gasteiger partial charge in [0.15, 0.2) is 0 Å². The highest BCUT2D eigenvalue weighted by atomic mass is 79.9. The van der Waals surface area contributed by atoms with Crippen molar-refractivity contribution in [1.82, 2.24) is 10.9 Å². The van der Waals surface area contributed by atoms with Gasteiger partial charge in [-0.1, -0.05) is 28.1 Å². The zero-order valence-corrected chi connectivity index (χ0v) is 13.6. The van der Waals surface area contributed by atoms with Crippen LogP contribution in [0.3, 0.4) is 0 Å². The summed E-state index contributed by atoms with van der Waals surface area (Å²) in [5.74, 6) is -0.753. The average molecular weight is 365 g/mol. The highest BCUT2D eigenvalue weighted by Gasteiger charge is 2.07. The maximum atomic E-state index is 11.9. The van der Waals surface area contributed by atoms with Crippen LogP contribution in [-0.4, -0.2) is 11.8 Å². The van der Waals surface area contributed by atoms with Crippen LogP contribution in [0.25, 0.3) is 6.08 Å². The molecule has 0 spiro atoms. The molecule has 2 N–H and O–H groups in total. The topological polar surface area (TPSA) is 58.2 Å². The molecule has 0 bridgehead atoms. The molecule has 0 fully saturated rings. The highest BCUT2D eigenvalue weighted by molar-refractivity contribution is 9.10. The first-order valence-corrected chi connectivity index (χ1v) is 7.81. The number of carbonyl (C=O) groups excluding carboxylic acids is 2. The number of hydrazine groups is 1. The van der Waals surface area contributed by atoms with Crippen LogP contribution in [-0.2, 0) is 4.79 Å². The number of hydrogen-bond donors (Lipinski definition) is 2. The van der Waals surface area contributed by atoms with Crippen molar-refractivity contribution in [3.05, 3.63) is 62.3 Å². The minimum Gasteiger partial charge on any atom is -0.268 e. The van der Waals surface area contributed by atoms with Crippen molar-refractivity contribution in [2.75, 3.05) is 0 Å². The van der Waals surface area contributed by atoms with Gasteiger partial charge in [-0.3, -0.25) is 20.4 Å². The van der Waals surface area contributed by atoms with Gasteiger partial charge < -0.3 is 0 Å². The molecule has 0 saturated carbocycles. The van der Waals surface area contributed by atoms with Crippen molar-refractivity contribution in [1.29, 1.82) is 0 Å². The molecule has 2 aromatic rings. The molecule has 4 nitrogen and oxygen atoms in total. The summed E-state index contributed by atoms with van der Waals surface area (Å²) in [6.45, 7) is 1.93. The molecule has 0 radical (unpaired) electrons. The minimum absolute atomic E-state index is 0.367. The molecule has 1 heterocycles. The van der Waals surface area contributed by atoms with Gasteiger partial charge in [0.1, 0.15) is 0 Å². The summed E-state index contributed by atoms with van der Waals surface area (Å²) in [5, 5.41) is 1.93. The second-order valence-electron chi connectivity index (χ2n) is 4.26. The number of rotatable bonds is 3. The smallest absolute Gasteiger partial charge is 0.268 e. The molecule has 108 valence electrons.